The average Bonchev–Trinajstić information content (AvgIpc) is 2.88. The molecule has 0 radical (unpaired) electrons. The molecule has 3 rings (SSSR count). The first-order valence-electron chi connectivity index (χ1n) is 6.74. The van der Waals surface area contributed by atoms with Gasteiger partial charge in [0.15, 0.2) is 5.78 Å². The highest BCUT2D eigenvalue weighted by Crippen LogP contribution is 2.10. The lowest BCUT2D eigenvalue weighted by Gasteiger charge is -1.94. The standard InChI is InChI=1S/C17H11ClN2O2S/c18-13-3-1-12(2-4-13)14(21)10-16-20-17(22)15(23-16)9-11-5-7-19-8-6-11/h1-10H,(H,20,22)/b15-9-,16-10-. The van der Waals surface area contributed by atoms with Crippen molar-refractivity contribution in [1.82, 2.24) is 9.97 Å². The van der Waals surface area contributed by atoms with Crippen molar-refractivity contribution in [3.05, 3.63) is 84.5 Å². The maximum absolute atomic E-state index is 12.2. The molecule has 23 heavy (non-hydrogen) atoms. The zero-order valence-electron chi connectivity index (χ0n) is 11.8. The summed E-state index contributed by atoms with van der Waals surface area (Å²) in [5, 5.41) is 0.570. The molecular weight excluding hydrogens is 332 g/mol. The molecule has 0 amide bonds. The van der Waals surface area contributed by atoms with Gasteiger partial charge < -0.3 is 4.98 Å². The zero-order valence-corrected chi connectivity index (χ0v) is 13.4. The van der Waals surface area contributed by atoms with Gasteiger partial charge in [-0.3, -0.25) is 14.6 Å². The van der Waals surface area contributed by atoms with E-state index in [2.05, 4.69) is 9.97 Å². The molecule has 0 aliphatic carbocycles. The summed E-state index contributed by atoms with van der Waals surface area (Å²) in [6.45, 7) is 0. The van der Waals surface area contributed by atoms with Crippen LogP contribution in [-0.2, 0) is 0 Å². The molecular formula is C17H11ClN2O2S. The number of halogens is 1. The fraction of sp³-hybridized carbons (Fsp3) is 0. The molecule has 0 saturated carbocycles. The Labute approximate surface area is 140 Å². The fourth-order valence-electron chi connectivity index (χ4n) is 1.95. The minimum absolute atomic E-state index is 0.186. The minimum atomic E-state index is -0.220. The fourth-order valence-corrected chi connectivity index (χ4v) is 2.96. The van der Waals surface area contributed by atoms with Crippen LogP contribution in [0.15, 0.2) is 53.6 Å². The molecule has 2 aromatic heterocycles. The summed E-state index contributed by atoms with van der Waals surface area (Å²) in [5.41, 5.74) is 1.17. The lowest BCUT2D eigenvalue weighted by atomic mass is 10.1. The van der Waals surface area contributed by atoms with E-state index in [0.717, 1.165) is 5.56 Å². The first kappa shape index (κ1) is 15.4. The van der Waals surface area contributed by atoms with Crippen molar-refractivity contribution >= 4 is 40.9 Å². The zero-order chi connectivity index (χ0) is 16.2. The Morgan fingerprint density at radius 1 is 1.13 bits per heavy atom. The second kappa shape index (κ2) is 6.73. The molecule has 114 valence electrons. The van der Waals surface area contributed by atoms with Crippen LogP contribution >= 0.6 is 22.9 Å². The summed E-state index contributed by atoms with van der Waals surface area (Å²) < 4.78 is 1.04. The smallest absolute Gasteiger partial charge is 0.266 e. The minimum Gasteiger partial charge on any atom is -0.313 e. The molecule has 4 nitrogen and oxygen atoms in total. The van der Waals surface area contributed by atoms with E-state index < -0.39 is 0 Å². The molecule has 0 unspecified atom stereocenters. The van der Waals surface area contributed by atoms with E-state index in [0.29, 0.717) is 19.8 Å². The van der Waals surface area contributed by atoms with Gasteiger partial charge in [0, 0.05) is 29.1 Å². The second-order valence-electron chi connectivity index (χ2n) is 4.73. The third-order valence-electron chi connectivity index (χ3n) is 3.08. The highest BCUT2D eigenvalue weighted by molar-refractivity contribution is 7.07. The number of aromatic nitrogens is 2. The van der Waals surface area contributed by atoms with Crippen LogP contribution in [0.1, 0.15) is 15.9 Å². The maximum atomic E-state index is 12.2. The number of pyridine rings is 1. The SMILES string of the molecule is O=C(/C=c1/[nH]c(=O)/c(=C/c2ccncc2)s1)c1ccc(Cl)cc1. The Balaban J connectivity index is 1.97. The number of nitrogens with one attached hydrogen (secondary N) is 1. The number of carbonyl (C=O) groups is 1. The van der Waals surface area contributed by atoms with Gasteiger partial charge in [0.25, 0.3) is 5.56 Å². The van der Waals surface area contributed by atoms with E-state index in [1.54, 1.807) is 54.9 Å². The van der Waals surface area contributed by atoms with Crippen LogP contribution < -0.4 is 14.8 Å². The monoisotopic (exact) mass is 342 g/mol. The van der Waals surface area contributed by atoms with Crippen molar-refractivity contribution in [2.75, 3.05) is 0 Å². The van der Waals surface area contributed by atoms with Crippen LogP contribution in [-0.4, -0.2) is 15.8 Å². The average molecular weight is 343 g/mol. The normalized spacial score (nSPS) is 12.6. The topological polar surface area (TPSA) is 62.8 Å². The summed E-state index contributed by atoms with van der Waals surface area (Å²) in [7, 11) is 0. The first-order valence-corrected chi connectivity index (χ1v) is 7.94. The Kier molecular flexibility index (Phi) is 4.50. The van der Waals surface area contributed by atoms with E-state index >= 15 is 0 Å². The first-order chi connectivity index (χ1) is 11.1. The van der Waals surface area contributed by atoms with Gasteiger partial charge in [0.1, 0.15) is 0 Å². The quantitative estimate of drug-likeness (QED) is 0.740. The summed E-state index contributed by atoms with van der Waals surface area (Å²) in [6, 6.07) is 10.2. The van der Waals surface area contributed by atoms with Crippen molar-refractivity contribution in [1.29, 1.82) is 0 Å². The van der Waals surface area contributed by atoms with Gasteiger partial charge in [-0.15, -0.1) is 11.3 Å². The van der Waals surface area contributed by atoms with E-state index in [1.165, 1.54) is 17.4 Å². The number of ketones is 1. The molecule has 6 heteroatoms. The molecule has 0 atom stereocenters. The molecule has 0 saturated heterocycles. The van der Waals surface area contributed by atoms with Gasteiger partial charge in [-0.05, 0) is 48.0 Å². The maximum Gasteiger partial charge on any atom is 0.266 e. The van der Waals surface area contributed by atoms with E-state index in [-0.39, 0.29) is 11.3 Å². The van der Waals surface area contributed by atoms with Crippen molar-refractivity contribution < 1.29 is 4.79 Å². The Morgan fingerprint density at radius 2 is 1.83 bits per heavy atom. The molecule has 0 spiro atoms. The molecule has 3 aromatic rings. The van der Waals surface area contributed by atoms with E-state index in [9.17, 15) is 9.59 Å². The van der Waals surface area contributed by atoms with Crippen molar-refractivity contribution in [2.24, 2.45) is 0 Å². The number of nitrogens with zero attached hydrogens (tertiary/aromatic N) is 1. The predicted molar refractivity (Wildman–Crippen MR) is 92.2 cm³/mol. The number of aromatic amines is 1. The van der Waals surface area contributed by atoms with E-state index in [4.69, 9.17) is 11.6 Å². The van der Waals surface area contributed by atoms with Gasteiger partial charge in [-0.1, -0.05) is 11.6 Å². The Bertz CT molecular complexity index is 1010. The molecule has 1 aromatic carbocycles. The van der Waals surface area contributed by atoms with Gasteiger partial charge in [0.05, 0.1) is 9.20 Å². The lowest BCUT2D eigenvalue weighted by Crippen LogP contribution is -2.20. The summed E-state index contributed by atoms with van der Waals surface area (Å²) in [4.78, 5) is 30.8. The molecule has 0 aliphatic heterocycles. The number of rotatable bonds is 3. The predicted octanol–water partition coefficient (Wildman–Crippen LogP) is 1.98. The Hall–Kier alpha value is -2.50. The number of H-pyrrole nitrogens is 1. The van der Waals surface area contributed by atoms with Gasteiger partial charge >= 0.3 is 0 Å². The summed E-state index contributed by atoms with van der Waals surface area (Å²) in [6.07, 6.45) is 6.49. The number of hydrogen-bond donors (Lipinski definition) is 1. The highest BCUT2D eigenvalue weighted by atomic mass is 35.5. The third kappa shape index (κ3) is 3.83. The number of carbonyl (C=O) groups excluding carboxylic acids is 1. The number of Topliss-reactive ketones (excluding diaryl/α,β-unsaturated/α-hetero) is 1. The molecule has 0 aliphatic rings. The van der Waals surface area contributed by atoms with Crippen LogP contribution in [0, 0.1) is 0 Å². The van der Waals surface area contributed by atoms with Crippen LogP contribution in [0.2, 0.25) is 5.02 Å². The number of hydrogen-bond acceptors (Lipinski definition) is 4. The van der Waals surface area contributed by atoms with Crippen LogP contribution in [0.3, 0.4) is 0 Å². The molecule has 2 heterocycles. The van der Waals surface area contributed by atoms with Crippen molar-refractivity contribution in [3.8, 4) is 0 Å². The molecule has 1 N–H and O–H groups in total. The second-order valence-corrected chi connectivity index (χ2v) is 6.25. The van der Waals surface area contributed by atoms with Gasteiger partial charge in [-0.2, -0.15) is 0 Å². The molecule has 0 fully saturated rings. The van der Waals surface area contributed by atoms with E-state index in [1.807, 2.05) is 0 Å². The Morgan fingerprint density at radius 3 is 2.52 bits per heavy atom. The highest BCUT2D eigenvalue weighted by Gasteiger charge is 2.03. The summed E-state index contributed by atoms with van der Waals surface area (Å²) >= 11 is 7.04. The summed E-state index contributed by atoms with van der Waals surface area (Å²) in [5.74, 6) is -0.186. The van der Waals surface area contributed by atoms with Gasteiger partial charge in [0.2, 0.25) is 0 Å². The largest absolute Gasteiger partial charge is 0.313 e. The number of thiazole rings is 1. The van der Waals surface area contributed by atoms with Crippen LogP contribution in [0.5, 0.6) is 0 Å². The van der Waals surface area contributed by atoms with Crippen molar-refractivity contribution in [2.45, 2.75) is 0 Å². The van der Waals surface area contributed by atoms with Crippen LogP contribution in [0.4, 0.5) is 0 Å². The molecule has 0 bridgehead atoms. The van der Waals surface area contributed by atoms with Crippen molar-refractivity contribution in [3.63, 3.8) is 0 Å². The third-order valence-corrected chi connectivity index (χ3v) is 4.29. The van der Waals surface area contributed by atoms with Gasteiger partial charge in [-0.25, -0.2) is 0 Å². The number of benzene rings is 1. The lowest BCUT2D eigenvalue weighted by molar-refractivity contribution is 0.106. The van der Waals surface area contributed by atoms with Crippen LogP contribution in [0.25, 0.3) is 12.2 Å².